The maximum absolute atomic E-state index is 11.7. The Morgan fingerprint density at radius 3 is 2.94 bits per heavy atom. The molecule has 1 rings (SSSR count). The van der Waals surface area contributed by atoms with Gasteiger partial charge in [-0.1, -0.05) is 11.6 Å². The first-order valence-corrected chi connectivity index (χ1v) is 5.20. The molecular weight excluding hydrogens is 230 g/mol. The fourth-order valence-electron chi connectivity index (χ4n) is 1.28. The molecule has 0 aromatic heterocycles. The van der Waals surface area contributed by atoms with Crippen LogP contribution in [0.5, 0.6) is 5.75 Å². The van der Waals surface area contributed by atoms with Gasteiger partial charge in [-0.2, -0.15) is 0 Å². The van der Waals surface area contributed by atoms with E-state index in [0.717, 1.165) is 0 Å². The highest BCUT2D eigenvalue weighted by Gasteiger charge is 2.13. The van der Waals surface area contributed by atoms with Gasteiger partial charge in [0.25, 0.3) is 5.91 Å². The van der Waals surface area contributed by atoms with Crippen molar-refractivity contribution in [3.8, 4) is 5.75 Å². The Kier molecular flexibility index (Phi) is 4.58. The molecule has 0 spiro atoms. The fourth-order valence-corrected chi connectivity index (χ4v) is 1.46. The second kappa shape index (κ2) is 5.72. The third-order valence-corrected chi connectivity index (χ3v) is 2.23. The zero-order chi connectivity index (χ0) is 12.1. The molecule has 0 saturated heterocycles. The molecule has 0 saturated carbocycles. The molecule has 1 amide bonds. The Morgan fingerprint density at radius 1 is 1.62 bits per heavy atom. The van der Waals surface area contributed by atoms with Gasteiger partial charge in [-0.25, -0.2) is 0 Å². The number of carbonyl (C=O) groups excluding carboxylic acids is 1. The van der Waals surface area contributed by atoms with Gasteiger partial charge in [-0.05, 0) is 25.1 Å². The highest BCUT2D eigenvalue weighted by molar-refractivity contribution is 6.31. The third kappa shape index (κ3) is 3.40. The van der Waals surface area contributed by atoms with E-state index in [4.69, 9.17) is 16.3 Å². The number of rotatable bonds is 4. The number of ether oxygens (including phenoxy) is 1. The minimum Gasteiger partial charge on any atom is -0.507 e. The molecule has 4 nitrogen and oxygen atoms in total. The molecule has 0 bridgehead atoms. The quantitative estimate of drug-likeness (QED) is 0.848. The highest BCUT2D eigenvalue weighted by atomic mass is 35.5. The van der Waals surface area contributed by atoms with E-state index in [-0.39, 0.29) is 23.3 Å². The molecule has 16 heavy (non-hydrogen) atoms. The normalized spacial score (nSPS) is 12.2. The van der Waals surface area contributed by atoms with Crippen molar-refractivity contribution in [3.63, 3.8) is 0 Å². The summed E-state index contributed by atoms with van der Waals surface area (Å²) in [6.07, 6.45) is 0. The molecule has 1 atom stereocenters. The van der Waals surface area contributed by atoms with Crippen LogP contribution in [0.2, 0.25) is 5.02 Å². The summed E-state index contributed by atoms with van der Waals surface area (Å²) in [7, 11) is 1.56. The standard InChI is InChI=1S/C11H14ClNO3/c1-7(6-16-2)13-11(15)9-5-8(12)3-4-10(9)14/h3-5,7,14H,6H2,1-2H3,(H,13,15). The SMILES string of the molecule is COCC(C)NC(=O)c1cc(Cl)ccc1O. The second-order valence-corrected chi connectivity index (χ2v) is 3.93. The van der Waals surface area contributed by atoms with Gasteiger partial charge in [-0.15, -0.1) is 0 Å². The summed E-state index contributed by atoms with van der Waals surface area (Å²) in [6, 6.07) is 4.20. The summed E-state index contributed by atoms with van der Waals surface area (Å²) in [4.78, 5) is 11.7. The summed E-state index contributed by atoms with van der Waals surface area (Å²) in [5.74, 6) is -0.462. The molecule has 0 radical (unpaired) electrons. The Morgan fingerprint density at radius 2 is 2.31 bits per heavy atom. The zero-order valence-electron chi connectivity index (χ0n) is 9.16. The predicted molar refractivity (Wildman–Crippen MR) is 61.9 cm³/mol. The summed E-state index contributed by atoms with van der Waals surface area (Å²) < 4.78 is 4.89. The lowest BCUT2D eigenvalue weighted by Crippen LogP contribution is -2.35. The van der Waals surface area contributed by atoms with Crippen molar-refractivity contribution in [2.75, 3.05) is 13.7 Å². The van der Waals surface area contributed by atoms with Gasteiger partial charge in [0, 0.05) is 18.2 Å². The molecule has 2 N–H and O–H groups in total. The predicted octanol–water partition coefficient (Wildman–Crippen LogP) is 1.81. The van der Waals surface area contributed by atoms with Crippen molar-refractivity contribution in [1.82, 2.24) is 5.32 Å². The van der Waals surface area contributed by atoms with Gasteiger partial charge in [0.05, 0.1) is 12.2 Å². The fraction of sp³-hybridized carbons (Fsp3) is 0.364. The van der Waals surface area contributed by atoms with E-state index in [9.17, 15) is 9.90 Å². The molecular formula is C11H14ClNO3. The minimum absolute atomic E-state index is 0.0912. The number of methoxy groups -OCH3 is 1. The lowest BCUT2D eigenvalue weighted by Gasteiger charge is -2.13. The van der Waals surface area contributed by atoms with Crippen molar-refractivity contribution in [2.45, 2.75) is 13.0 Å². The van der Waals surface area contributed by atoms with Crippen LogP contribution in [0.15, 0.2) is 18.2 Å². The van der Waals surface area contributed by atoms with Crippen molar-refractivity contribution < 1.29 is 14.6 Å². The number of amides is 1. The summed E-state index contributed by atoms with van der Waals surface area (Å²) in [5, 5.41) is 12.6. The Balaban J connectivity index is 2.76. The smallest absolute Gasteiger partial charge is 0.255 e. The summed E-state index contributed by atoms with van der Waals surface area (Å²) >= 11 is 5.74. The number of carbonyl (C=O) groups is 1. The number of aromatic hydroxyl groups is 1. The van der Waals surface area contributed by atoms with Crippen LogP contribution >= 0.6 is 11.6 Å². The topological polar surface area (TPSA) is 58.6 Å². The van der Waals surface area contributed by atoms with E-state index < -0.39 is 0 Å². The van der Waals surface area contributed by atoms with Crippen molar-refractivity contribution in [1.29, 1.82) is 0 Å². The molecule has 0 aliphatic heterocycles. The van der Waals surface area contributed by atoms with Gasteiger partial charge in [0.15, 0.2) is 0 Å². The number of halogens is 1. The van der Waals surface area contributed by atoms with Gasteiger partial charge in [-0.3, -0.25) is 4.79 Å². The summed E-state index contributed by atoms with van der Waals surface area (Å²) in [5.41, 5.74) is 0.162. The number of phenolic OH excluding ortho intramolecular Hbond substituents is 1. The van der Waals surface area contributed by atoms with Crippen molar-refractivity contribution >= 4 is 17.5 Å². The Hall–Kier alpha value is -1.26. The van der Waals surface area contributed by atoms with Crippen LogP contribution in [-0.4, -0.2) is 30.8 Å². The lowest BCUT2D eigenvalue weighted by atomic mass is 10.2. The first-order chi connectivity index (χ1) is 7.54. The Bertz CT molecular complexity index is 381. The van der Waals surface area contributed by atoms with E-state index in [0.29, 0.717) is 11.6 Å². The average molecular weight is 244 g/mol. The maximum Gasteiger partial charge on any atom is 0.255 e. The molecule has 0 heterocycles. The molecule has 1 aromatic carbocycles. The first kappa shape index (κ1) is 12.8. The highest BCUT2D eigenvalue weighted by Crippen LogP contribution is 2.21. The van der Waals surface area contributed by atoms with E-state index in [1.54, 1.807) is 7.11 Å². The van der Waals surface area contributed by atoms with Gasteiger partial charge < -0.3 is 15.2 Å². The van der Waals surface area contributed by atoms with E-state index in [1.165, 1.54) is 18.2 Å². The monoisotopic (exact) mass is 243 g/mol. The van der Waals surface area contributed by atoms with Crippen molar-refractivity contribution in [3.05, 3.63) is 28.8 Å². The zero-order valence-corrected chi connectivity index (χ0v) is 9.91. The molecule has 88 valence electrons. The largest absolute Gasteiger partial charge is 0.507 e. The molecule has 0 fully saturated rings. The number of phenols is 1. The van der Waals surface area contributed by atoms with Crippen LogP contribution in [0.25, 0.3) is 0 Å². The van der Waals surface area contributed by atoms with Crippen LogP contribution in [0.3, 0.4) is 0 Å². The minimum atomic E-state index is -0.371. The number of hydrogen-bond acceptors (Lipinski definition) is 3. The average Bonchev–Trinajstić information content (AvgIpc) is 2.21. The van der Waals surface area contributed by atoms with Gasteiger partial charge in [0.2, 0.25) is 0 Å². The molecule has 1 aromatic rings. The van der Waals surface area contributed by atoms with Crippen LogP contribution < -0.4 is 5.32 Å². The van der Waals surface area contributed by atoms with Crippen molar-refractivity contribution in [2.24, 2.45) is 0 Å². The maximum atomic E-state index is 11.7. The molecule has 5 heteroatoms. The van der Waals surface area contributed by atoms with Crippen LogP contribution in [0.4, 0.5) is 0 Å². The Labute approximate surface area is 99.2 Å². The third-order valence-electron chi connectivity index (χ3n) is 2.00. The second-order valence-electron chi connectivity index (χ2n) is 3.49. The van der Waals surface area contributed by atoms with Crippen LogP contribution in [-0.2, 0) is 4.74 Å². The van der Waals surface area contributed by atoms with E-state index in [1.807, 2.05) is 6.92 Å². The number of benzene rings is 1. The van der Waals surface area contributed by atoms with E-state index in [2.05, 4.69) is 5.32 Å². The van der Waals surface area contributed by atoms with E-state index >= 15 is 0 Å². The summed E-state index contributed by atoms with van der Waals surface area (Å²) in [6.45, 7) is 2.22. The number of hydrogen-bond donors (Lipinski definition) is 2. The molecule has 0 aliphatic rings. The first-order valence-electron chi connectivity index (χ1n) is 4.83. The van der Waals surface area contributed by atoms with Crippen LogP contribution in [0.1, 0.15) is 17.3 Å². The van der Waals surface area contributed by atoms with Crippen LogP contribution in [0, 0.1) is 0 Å². The number of nitrogens with one attached hydrogen (secondary N) is 1. The van der Waals surface area contributed by atoms with Gasteiger partial charge >= 0.3 is 0 Å². The molecule has 1 unspecified atom stereocenters. The molecule has 0 aliphatic carbocycles. The lowest BCUT2D eigenvalue weighted by molar-refractivity contribution is 0.0903. The van der Waals surface area contributed by atoms with Gasteiger partial charge in [0.1, 0.15) is 5.75 Å².